The highest BCUT2D eigenvalue weighted by molar-refractivity contribution is 5.94. The molecular formula is C37H62N8O6. The van der Waals surface area contributed by atoms with Crippen LogP contribution in [0.1, 0.15) is 77.6 Å². The zero-order chi connectivity index (χ0) is 39.5. The van der Waals surface area contributed by atoms with Gasteiger partial charge in [-0.1, -0.05) is 59.6 Å². The predicted octanol–water partition coefficient (Wildman–Crippen LogP) is 3.94. The minimum atomic E-state index is -0.883. The molecule has 1 aromatic carbocycles. The number of terminal acetylenes is 1. The Labute approximate surface area is 305 Å². The van der Waals surface area contributed by atoms with E-state index in [9.17, 15) is 14.4 Å². The van der Waals surface area contributed by atoms with Crippen LogP contribution in [0.25, 0.3) is 0 Å². The molecule has 0 aliphatic carbocycles. The van der Waals surface area contributed by atoms with Gasteiger partial charge in [0.05, 0.1) is 31.4 Å². The topological polar surface area (TPSA) is 220 Å². The van der Waals surface area contributed by atoms with E-state index < -0.39 is 5.97 Å². The summed E-state index contributed by atoms with van der Waals surface area (Å²) in [6.45, 7) is 18.9. The molecule has 2 amide bonds. The summed E-state index contributed by atoms with van der Waals surface area (Å²) < 4.78 is 10.0. The maximum atomic E-state index is 12.2. The molecule has 0 radical (unpaired) electrons. The maximum absolute atomic E-state index is 12.2. The third-order valence-electron chi connectivity index (χ3n) is 5.76. The van der Waals surface area contributed by atoms with Gasteiger partial charge in [0.1, 0.15) is 12.3 Å². The fourth-order valence-corrected chi connectivity index (χ4v) is 3.44. The van der Waals surface area contributed by atoms with Gasteiger partial charge >= 0.3 is 5.97 Å². The van der Waals surface area contributed by atoms with Crippen LogP contribution >= 0.6 is 0 Å². The summed E-state index contributed by atoms with van der Waals surface area (Å²) in [7, 11) is 1.90. The molecule has 0 aliphatic rings. The molecule has 0 saturated heterocycles. The van der Waals surface area contributed by atoms with Crippen LogP contribution in [0.15, 0.2) is 69.7 Å². The number of ether oxygens (including phenoxy) is 2. The van der Waals surface area contributed by atoms with Gasteiger partial charge in [0.25, 0.3) is 5.91 Å². The zero-order valence-corrected chi connectivity index (χ0v) is 31.7. The number of carboxylic acids is 1. The molecule has 0 unspecified atom stereocenters. The van der Waals surface area contributed by atoms with Gasteiger partial charge in [0.15, 0.2) is 5.82 Å². The second-order valence-corrected chi connectivity index (χ2v) is 9.94. The van der Waals surface area contributed by atoms with Crippen molar-refractivity contribution in [3.05, 3.63) is 65.3 Å². The Morgan fingerprint density at radius 1 is 1.06 bits per heavy atom. The van der Waals surface area contributed by atoms with Crippen LogP contribution < -0.4 is 32.7 Å². The number of anilines is 1. The van der Waals surface area contributed by atoms with Crippen molar-refractivity contribution in [3.8, 4) is 12.3 Å². The summed E-state index contributed by atoms with van der Waals surface area (Å²) in [6.07, 6.45) is 11.2. The van der Waals surface area contributed by atoms with Crippen LogP contribution in [-0.4, -0.2) is 88.6 Å². The van der Waals surface area contributed by atoms with E-state index in [-0.39, 0.29) is 23.8 Å². The molecule has 0 heterocycles. The molecule has 1 rings (SSSR count). The van der Waals surface area contributed by atoms with Crippen LogP contribution in [0.4, 0.5) is 5.69 Å². The largest absolute Gasteiger partial charge is 0.481 e. The molecule has 9 N–H and O–H groups in total. The molecule has 14 heteroatoms. The van der Waals surface area contributed by atoms with E-state index >= 15 is 0 Å². The molecule has 286 valence electrons. The normalized spacial score (nSPS) is 11.2. The lowest BCUT2D eigenvalue weighted by molar-refractivity contribution is -0.137. The van der Waals surface area contributed by atoms with Crippen LogP contribution in [0.3, 0.4) is 0 Å². The number of nitrogens with one attached hydrogen (secondary N) is 2. The molecule has 51 heavy (non-hydrogen) atoms. The van der Waals surface area contributed by atoms with Gasteiger partial charge in [-0.3, -0.25) is 19.4 Å². The molecule has 1 aromatic rings. The predicted molar refractivity (Wildman–Crippen MR) is 209 cm³/mol. The molecule has 14 nitrogen and oxygen atoms in total. The number of carbonyl (C=O) groups excluding carboxylic acids is 2. The molecular weight excluding hydrogens is 652 g/mol. The van der Waals surface area contributed by atoms with Crippen LogP contribution in [0, 0.1) is 12.3 Å². The summed E-state index contributed by atoms with van der Waals surface area (Å²) in [5.41, 5.74) is 20.5. The van der Waals surface area contributed by atoms with Gasteiger partial charge in [-0.05, 0) is 49.6 Å². The standard InChI is InChI=1S/C25H37N7O3.C8H13NO3.2C2H6/c1-5-6-8-21(23(27)24(28)31-18(3)26)30-15-17(2)16-32(4)20-12-10-19(11-13-20)25(35)29-14-7-9-22(33)34;1-2-4-11-6-7-12-5-3-9-8-10;2*1-2/h8,10-13,15H,2,5-7,9,14,16,27-28H2,1,3-4H3,(H2,26,31)(H,29,35)(H,33,34);1,8H,3-7H2,(H,9,10);2*1-2H3/b21-8-,24-23+,30-15?;;;. The first-order valence-corrected chi connectivity index (χ1v) is 17.0. The lowest BCUT2D eigenvalue weighted by Crippen LogP contribution is -2.25. The highest BCUT2D eigenvalue weighted by atomic mass is 16.5. The van der Waals surface area contributed by atoms with E-state index in [1.807, 2.05) is 64.8 Å². The Bertz CT molecular complexity index is 1280. The first kappa shape index (κ1) is 50.2. The van der Waals surface area contributed by atoms with Crippen LogP contribution in [0.5, 0.6) is 0 Å². The fourth-order valence-electron chi connectivity index (χ4n) is 3.44. The smallest absolute Gasteiger partial charge is 0.303 e. The third-order valence-corrected chi connectivity index (χ3v) is 5.76. The van der Waals surface area contributed by atoms with E-state index in [0.29, 0.717) is 76.0 Å². The number of carboxylic acid groups (broad SMARTS) is 1. The molecule has 0 spiro atoms. The quantitative estimate of drug-likeness (QED) is 0.0254. The summed E-state index contributed by atoms with van der Waals surface area (Å²) in [5.74, 6) is 1.63. The molecule has 0 aromatic heterocycles. The number of aliphatic imine (C=N–C) groups is 2. The number of carbonyl (C=O) groups is 3. The minimum absolute atomic E-state index is 0.0185. The van der Waals surface area contributed by atoms with Crippen molar-refractivity contribution in [2.45, 2.75) is 67.2 Å². The number of benzene rings is 1. The number of rotatable bonds is 22. The monoisotopic (exact) mass is 714 g/mol. The van der Waals surface area contributed by atoms with E-state index in [0.717, 1.165) is 24.1 Å². The maximum Gasteiger partial charge on any atom is 0.303 e. The van der Waals surface area contributed by atoms with Crippen molar-refractivity contribution in [1.82, 2.24) is 10.6 Å². The van der Waals surface area contributed by atoms with Gasteiger partial charge in [-0.2, -0.15) is 0 Å². The first-order chi connectivity index (χ1) is 24.5. The van der Waals surface area contributed by atoms with E-state index in [1.165, 1.54) is 0 Å². The van der Waals surface area contributed by atoms with Gasteiger partial charge in [0, 0.05) is 50.6 Å². The number of amides is 2. The van der Waals surface area contributed by atoms with Crippen molar-refractivity contribution in [3.63, 3.8) is 0 Å². The number of unbranched alkanes of at least 4 members (excludes halogenated alkanes) is 1. The van der Waals surface area contributed by atoms with Gasteiger partial charge in [0.2, 0.25) is 6.41 Å². The summed E-state index contributed by atoms with van der Waals surface area (Å²) in [4.78, 5) is 42.9. The first-order valence-electron chi connectivity index (χ1n) is 17.0. The fraction of sp³-hybridized carbons (Fsp3) is 0.486. The Morgan fingerprint density at radius 3 is 2.24 bits per heavy atom. The highest BCUT2D eigenvalue weighted by Gasteiger charge is 2.09. The Balaban J connectivity index is -0.00000120. The third kappa shape index (κ3) is 28.4. The summed E-state index contributed by atoms with van der Waals surface area (Å²) >= 11 is 0. The van der Waals surface area contributed by atoms with Gasteiger partial charge < -0.3 is 47.3 Å². The summed E-state index contributed by atoms with van der Waals surface area (Å²) in [5, 5.41) is 13.8. The van der Waals surface area contributed by atoms with E-state index in [1.54, 1.807) is 25.3 Å². The number of hydrogen-bond donors (Lipinski definition) is 6. The molecule has 0 bridgehead atoms. The van der Waals surface area contributed by atoms with Crippen molar-refractivity contribution >= 4 is 36.0 Å². The Kier molecular flexibility index (Phi) is 34.2. The number of amidine groups is 1. The van der Waals surface area contributed by atoms with Gasteiger partial charge in [-0.15, -0.1) is 6.42 Å². The minimum Gasteiger partial charge on any atom is -0.481 e. The van der Waals surface area contributed by atoms with Crippen LogP contribution in [-0.2, 0) is 19.1 Å². The SMILES string of the molecule is C#CCOCCOCCNC=O.C=C(C=NC(=C\CCC)/C(N)=C(N)\N=C(/C)N)CN(C)c1ccc(C(=O)NCCCC(=O)O)cc1.CC.CC. The van der Waals surface area contributed by atoms with Crippen molar-refractivity contribution in [1.29, 1.82) is 0 Å². The van der Waals surface area contributed by atoms with Crippen molar-refractivity contribution in [2.75, 3.05) is 58.0 Å². The van der Waals surface area contributed by atoms with Crippen molar-refractivity contribution < 1.29 is 29.0 Å². The number of allylic oxidation sites excluding steroid dienone is 1. The number of nitrogens with zero attached hydrogens (tertiary/aromatic N) is 3. The number of hydrogen-bond acceptors (Lipinski definition) is 10. The van der Waals surface area contributed by atoms with E-state index in [2.05, 4.69) is 33.1 Å². The van der Waals surface area contributed by atoms with Gasteiger partial charge in [-0.25, -0.2) is 4.99 Å². The molecule has 0 fully saturated rings. The van der Waals surface area contributed by atoms with Crippen molar-refractivity contribution in [2.24, 2.45) is 27.2 Å². The highest BCUT2D eigenvalue weighted by Crippen LogP contribution is 2.16. The Hall–Kier alpha value is -5.13. The Morgan fingerprint density at radius 2 is 1.69 bits per heavy atom. The lowest BCUT2D eigenvalue weighted by Gasteiger charge is -2.19. The number of aliphatic carboxylic acids is 1. The number of likely N-dealkylation sites (N-methyl/N-ethyl adjacent to an activating group) is 1. The second-order valence-electron chi connectivity index (χ2n) is 9.94. The van der Waals surface area contributed by atoms with Crippen LogP contribution in [0.2, 0.25) is 0 Å². The van der Waals surface area contributed by atoms with E-state index in [4.69, 9.17) is 38.2 Å². The number of nitrogens with two attached hydrogens (primary N) is 3. The average Bonchev–Trinajstić information content (AvgIpc) is 3.12. The average molecular weight is 715 g/mol. The summed E-state index contributed by atoms with van der Waals surface area (Å²) in [6, 6.07) is 7.10. The molecule has 0 aliphatic heterocycles. The zero-order valence-electron chi connectivity index (χ0n) is 31.7. The molecule has 0 saturated carbocycles. The second kappa shape index (κ2) is 34.7. The lowest BCUT2D eigenvalue weighted by atomic mass is 10.1. The molecule has 0 atom stereocenters.